The highest BCUT2D eigenvalue weighted by Crippen LogP contribution is 2.28. The lowest BCUT2D eigenvalue weighted by Gasteiger charge is -2.25. The predicted molar refractivity (Wildman–Crippen MR) is 92.7 cm³/mol. The van der Waals surface area contributed by atoms with Crippen LogP contribution >= 0.6 is 0 Å². The number of aliphatic hydroxyl groups excluding tert-OH is 1. The molecule has 2 aromatic carbocycles. The summed E-state index contributed by atoms with van der Waals surface area (Å²) in [7, 11) is 0. The third-order valence-electron chi connectivity index (χ3n) is 5.00. The second-order valence-corrected chi connectivity index (χ2v) is 6.62. The third-order valence-corrected chi connectivity index (χ3v) is 5.00. The van der Waals surface area contributed by atoms with E-state index in [4.69, 9.17) is 0 Å². The van der Waals surface area contributed by atoms with Crippen molar-refractivity contribution < 1.29 is 15.3 Å². The van der Waals surface area contributed by atoms with Gasteiger partial charge in [0.2, 0.25) is 0 Å². The molecule has 0 bridgehead atoms. The van der Waals surface area contributed by atoms with Gasteiger partial charge >= 0.3 is 0 Å². The smallest absolute Gasteiger partial charge is 0.127 e. The standard InChI is InChI=1S/C19H23N3O/c23-15(13-21-11-9-20-10-12-21)14-22-18-7-3-1-5-16(18)17-6-2-4-8-19(17)22/h1-8,15,20,23H,9-14H2/p+2/t15-/m0/s1. The van der Waals surface area contributed by atoms with Crippen LogP contribution in [0.1, 0.15) is 0 Å². The first-order chi connectivity index (χ1) is 11.3. The molecule has 23 heavy (non-hydrogen) atoms. The Hall–Kier alpha value is -1.88. The zero-order valence-corrected chi connectivity index (χ0v) is 13.4. The number of quaternary nitrogens is 2. The second kappa shape index (κ2) is 6.32. The number of para-hydroxylation sites is 2. The number of nitrogens with two attached hydrogens (primary N) is 1. The van der Waals surface area contributed by atoms with Crippen molar-refractivity contribution in [1.29, 1.82) is 0 Å². The summed E-state index contributed by atoms with van der Waals surface area (Å²) in [6.45, 7) is 6.18. The summed E-state index contributed by atoms with van der Waals surface area (Å²) in [4.78, 5) is 1.53. The molecule has 0 spiro atoms. The van der Waals surface area contributed by atoms with Crippen LogP contribution in [0.4, 0.5) is 0 Å². The number of rotatable bonds is 4. The summed E-state index contributed by atoms with van der Waals surface area (Å²) in [6.07, 6.45) is -0.303. The molecule has 1 fully saturated rings. The van der Waals surface area contributed by atoms with Gasteiger partial charge in [0, 0.05) is 21.8 Å². The van der Waals surface area contributed by atoms with E-state index in [9.17, 15) is 5.11 Å². The number of aliphatic hydroxyl groups is 1. The lowest BCUT2D eigenvalue weighted by Crippen LogP contribution is -3.21. The average molecular weight is 311 g/mol. The number of fused-ring (bicyclic) bond motifs is 3. The number of hydrogen-bond donors (Lipinski definition) is 3. The van der Waals surface area contributed by atoms with Crippen LogP contribution in [0.5, 0.6) is 0 Å². The van der Waals surface area contributed by atoms with E-state index in [0.29, 0.717) is 6.54 Å². The van der Waals surface area contributed by atoms with E-state index in [1.165, 1.54) is 39.8 Å². The van der Waals surface area contributed by atoms with Crippen LogP contribution in [0.25, 0.3) is 21.8 Å². The lowest BCUT2D eigenvalue weighted by molar-refractivity contribution is -0.949. The van der Waals surface area contributed by atoms with Crippen molar-refractivity contribution in [1.82, 2.24) is 4.57 Å². The van der Waals surface area contributed by atoms with Crippen molar-refractivity contribution in [3.05, 3.63) is 48.5 Å². The molecule has 0 aliphatic carbocycles. The van der Waals surface area contributed by atoms with E-state index < -0.39 is 0 Å². The van der Waals surface area contributed by atoms with Crippen molar-refractivity contribution >= 4 is 21.8 Å². The van der Waals surface area contributed by atoms with Crippen molar-refractivity contribution in [3.63, 3.8) is 0 Å². The number of piperazine rings is 1. The van der Waals surface area contributed by atoms with E-state index >= 15 is 0 Å². The molecule has 4 nitrogen and oxygen atoms in total. The molecule has 0 radical (unpaired) electrons. The normalized spacial score (nSPS) is 17.8. The number of nitrogens with one attached hydrogen (secondary N) is 1. The van der Waals surface area contributed by atoms with Gasteiger partial charge in [-0.15, -0.1) is 0 Å². The Morgan fingerprint density at radius 2 is 1.52 bits per heavy atom. The van der Waals surface area contributed by atoms with E-state index in [1.807, 2.05) is 0 Å². The van der Waals surface area contributed by atoms with E-state index in [2.05, 4.69) is 58.4 Å². The van der Waals surface area contributed by atoms with Crippen LogP contribution in [0, 0.1) is 0 Å². The average Bonchev–Trinajstić information content (AvgIpc) is 2.90. The van der Waals surface area contributed by atoms with Gasteiger partial charge in [-0.3, -0.25) is 0 Å². The Bertz CT molecular complexity index is 751. The molecule has 0 amide bonds. The molecule has 1 atom stereocenters. The van der Waals surface area contributed by atoms with Crippen LogP contribution in [0.2, 0.25) is 0 Å². The highest BCUT2D eigenvalue weighted by Gasteiger charge is 2.21. The zero-order valence-electron chi connectivity index (χ0n) is 13.4. The van der Waals surface area contributed by atoms with Gasteiger partial charge in [0.1, 0.15) is 38.8 Å². The molecule has 4 heteroatoms. The van der Waals surface area contributed by atoms with Gasteiger partial charge in [-0.2, -0.15) is 0 Å². The van der Waals surface area contributed by atoms with Gasteiger partial charge < -0.3 is 19.9 Å². The summed E-state index contributed by atoms with van der Waals surface area (Å²) in [5.41, 5.74) is 2.43. The first-order valence-corrected chi connectivity index (χ1v) is 8.62. The van der Waals surface area contributed by atoms with Gasteiger partial charge in [0.05, 0.1) is 6.54 Å². The Morgan fingerprint density at radius 3 is 2.13 bits per heavy atom. The molecule has 1 aliphatic rings. The second-order valence-electron chi connectivity index (χ2n) is 6.62. The van der Waals surface area contributed by atoms with Crippen LogP contribution in [0.15, 0.2) is 48.5 Å². The first-order valence-electron chi connectivity index (χ1n) is 8.62. The molecule has 4 rings (SSSR count). The number of hydrogen-bond acceptors (Lipinski definition) is 1. The molecule has 0 saturated carbocycles. The molecule has 1 aromatic heterocycles. The summed E-state index contributed by atoms with van der Waals surface area (Å²) < 4.78 is 2.28. The minimum absolute atomic E-state index is 0.303. The van der Waals surface area contributed by atoms with Gasteiger partial charge in [-0.25, -0.2) is 0 Å². The van der Waals surface area contributed by atoms with E-state index in [0.717, 1.165) is 19.6 Å². The highest BCUT2D eigenvalue weighted by molar-refractivity contribution is 6.07. The molecular formula is C19H25N3O+2. The largest absolute Gasteiger partial charge is 0.385 e. The number of benzene rings is 2. The maximum Gasteiger partial charge on any atom is 0.127 e. The van der Waals surface area contributed by atoms with Crippen molar-refractivity contribution in [2.75, 3.05) is 32.7 Å². The maximum absolute atomic E-state index is 10.6. The minimum atomic E-state index is -0.303. The third kappa shape index (κ3) is 2.85. The maximum atomic E-state index is 10.6. The number of nitrogens with zero attached hydrogens (tertiary/aromatic N) is 1. The summed E-state index contributed by atoms with van der Waals surface area (Å²) >= 11 is 0. The van der Waals surface area contributed by atoms with Crippen LogP contribution < -0.4 is 10.2 Å². The first kappa shape index (κ1) is 14.7. The Kier molecular flexibility index (Phi) is 4.04. The van der Waals surface area contributed by atoms with Crippen LogP contribution in [-0.2, 0) is 6.54 Å². The van der Waals surface area contributed by atoms with Gasteiger partial charge in [-0.1, -0.05) is 36.4 Å². The fraction of sp³-hybridized carbons (Fsp3) is 0.368. The zero-order chi connectivity index (χ0) is 15.6. The lowest BCUT2D eigenvalue weighted by atomic mass is 10.2. The molecule has 4 N–H and O–H groups in total. The molecule has 2 heterocycles. The van der Waals surface area contributed by atoms with Crippen LogP contribution in [0.3, 0.4) is 0 Å². The summed E-state index contributed by atoms with van der Waals surface area (Å²) in [6, 6.07) is 17.0. The summed E-state index contributed by atoms with van der Waals surface area (Å²) in [5.74, 6) is 0. The SMILES string of the molecule is O[C@H](Cn1c2ccccc2c2ccccc21)C[NH+]1CC[NH2+]CC1. The Balaban J connectivity index is 1.64. The topological polar surface area (TPSA) is 46.2 Å². The number of aromatic nitrogens is 1. The van der Waals surface area contributed by atoms with Gasteiger partial charge in [-0.05, 0) is 12.1 Å². The quantitative estimate of drug-likeness (QED) is 0.604. The van der Waals surface area contributed by atoms with E-state index in [1.54, 1.807) is 0 Å². The van der Waals surface area contributed by atoms with Crippen molar-refractivity contribution in [3.8, 4) is 0 Å². The van der Waals surface area contributed by atoms with Crippen molar-refractivity contribution in [2.45, 2.75) is 12.6 Å². The fourth-order valence-electron chi connectivity index (χ4n) is 3.89. The van der Waals surface area contributed by atoms with Gasteiger partial charge in [0.15, 0.2) is 0 Å². The Labute approximate surface area is 136 Å². The highest BCUT2D eigenvalue weighted by atomic mass is 16.3. The molecule has 1 saturated heterocycles. The van der Waals surface area contributed by atoms with Gasteiger partial charge in [0.25, 0.3) is 0 Å². The van der Waals surface area contributed by atoms with Crippen molar-refractivity contribution in [2.24, 2.45) is 0 Å². The fourth-order valence-corrected chi connectivity index (χ4v) is 3.89. The monoisotopic (exact) mass is 311 g/mol. The molecule has 0 unspecified atom stereocenters. The molecule has 1 aliphatic heterocycles. The van der Waals surface area contributed by atoms with E-state index in [-0.39, 0.29) is 6.10 Å². The Morgan fingerprint density at radius 1 is 0.957 bits per heavy atom. The molecule has 120 valence electrons. The molecule has 3 aromatic rings. The van der Waals surface area contributed by atoms with Crippen LogP contribution in [-0.4, -0.2) is 48.5 Å². The predicted octanol–water partition coefficient (Wildman–Crippen LogP) is -0.383. The molecular weight excluding hydrogens is 286 g/mol. The minimum Gasteiger partial charge on any atom is -0.385 e. The summed E-state index contributed by atoms with van der Waals surface area (Å²) in [5, 5.41) is 15.6.